The average molecular weight is 278 g/mol. The van der Waals surface area contributed by atoms with Gasteiger partial charge in [-0.15, -0.1) is 0 Å². The number of aromatic nitrogens is 3. The number of amides is 1. The lowest BCUT2D eigenvalue weighted by Gasteiger charge is -2.35. The molecule has 1 unspecified atom stereocenters. The zero-order valence-electron chi connectivity index (χ0n) is 13.2. The van der Waals surface area contributed by atoms with Crippen LogP contribution in [0.15, 0.2) is 0 Å². The smallest absolute Gasteiger partial charge is 0.223 e. The molecule has 1 heterocycles. The number of fused-ring (bicyclic) bond motifs is 1. The lowest BCUT2D eigenvalue weighted by Crippen LogP contribution is -2.48. The lowest BCUT2D eigenvalue weighted by molar-refractivity contribution is -0.127. The second-order valence-corrected chi connectivity index (χ2v) is 7.77. The average Bonchev–Trinajstić information content (AvgIpc) is 2.71. The Morgan fingerprint density at radius 3 is 2.55 bits per heavy atom. The Morgan fingerprint density at radius 1 is 1.25 bits per heavy atom. The van der Waals surface area contributed by atoms with Crippen LogP contribution in [0.4, 0.5) is 0 Å². The van der Waals surface area contributed by atoms with Crippen molar-refractivity contribution in [1.82, 2.24) is 20.7 Å². The van der Waals surface area contributed by atoms with Crippen molar-refractivity contribution in [2.45, 2.75) is 65.8 Å². The zero-order chi connectivity index (χ0) is 15.0. The fourth-order valence-corrected chi connectivity index (χ4v) is 3.31. The maximum Gasteiger partial charge on any atom is 0.223 e. The van der Waals surface area contributed by atoms with Crippen molar-refractivity contribution < 1.29 is 4.79 Å². The van der Waals surface area contributed by atoms with Gasteiger partial charge in [-0.25, -0.2) is 0 Å². The third kappa shape index (κ3) is 3.81. The van der Waals surface area contributed by atoms with E-state index in [-0.39, 0.29) is 22.8 Å². The quantitative estimate of drug-likeness (QED) is 0.890. The summed E-state index contributed by atoms with van der Waals surface area (Å²) >= 11 is 0. The molecule has 0 saturated heterocycles. The first kappa shape index (κ1) is 15.0. The molecule has 1 atom stereocenters. The van der Waals surface area contributed by atoms with Crippen LogP contribution in [-0.2, 0) is 17.6 Å². The Labute approximate surface area is 120 Å². The van der Waals surface area contributed by atoms with Crippen LogP contribution in [0.2, 0.25) is 0 Å². The van der Waals surface area contributed by atoms with E-state index in [4.69, 9.17) is 0 Å². The summed E-state index contributed by atoms with van der Waals surface area (Å²) in [5.41, 5.74) is 1.98. The van der Waals surface area contributed by atoms with Crippen molar-refractivity contribution >= 4 is 5.91 Å². The summed E-state index contributed by atoms with van der Waals surface area (Å²) in [6, 6.07) is 0. The van der Waals surface area contributed by atoms with Crippen LogP contribution < -0.4 is 5.32 Å². The molecule has 20 heavy (non-hydrogen) atoms. The number of aryl methyl sites for hydroxylation is 1. The van der Waals surface area contributed by atoms with Crippen LogP contribution >= 0.6 is 0 Å². The Morgan fingerprint density at radius 2 is 1.90 bits per heavy atom. The molecular weight excluding hydrogens is 252 g/mol. The second-order valence-electron chi connectivity index (χ2n) is 7.77. The number of nitrogens with zero attached hydrogens (tertiary/aromatic N) is 2. The molecule has 1 amide bonds. The van der Waals surface area contributed by atoms with Gasteiger partial charge in [-0.1, -0.05) is 20.8 Å². The summed E-state index contributed by atoms with van der Waals surface area (Å²) < 4.78 is 0. The van der Waals surface area contributed by atoms with E-state index < -0.39 is 0 Å². The Hall–Kier alpha value is -1.39. The molecule has 0 radical (unpaired) electrons. The monoisotopic (exact) mass is 278 g/mol. The molecule has 5 heteroatoms. The molecule has 0 fully saturated rings. The first-order valence-corrected chi connectivity index (χ1v) is 7.37. The number of H-pyrrole nitrogens is 1. The van der Waals surface area contributed by atoms with Gasteiger partial charge in [-0.2, -0.15) is 15.4 Å². The minimum absolute atomic E-state index is 0.0202. The number of nitrogens with one attached hydrogen (secondary N) is 2. The van der Waals surface area contributed by atoms with Crippen molar-refractivity contribution in [2.75, 3.05) is 0 Å². The van der Waals surface area contributed by atoms with Crippen LogP contribution in [0.5, 0.6) is 0 Å². The number of hydrogen-bond acceptors (Lipinski definition) is 3. The summed E-state index contributed by atoms with van der Waals surface area (Å²) in [5.74, 6) is 0.166. The predicted molar refractivity (Wildman–Crippen MR) is 78.2 cm³/mol. The standard InChI is InChI=1S/C15H26N4O/c1-14(2,3)9-15(4,5)16-13(20)10-6-7-11-12(8-10)18-19-17-11/h10H,6-9H2,1-5H3,(H,16,20)(H,17,18,19). The summed E-state index contributed by atoms with van der Waals surface area (Å²) in [5, 5.41) is 14.1. The van der Waals surface area contributed by atoms with E-state index in [1.165, 1.54) is 0 Å². The minimum atomic E-state index is -0.181. The molecule has 2 rings (SSSR count). The zero-order valence-corrected chi connectivity index (χ0v) is 13.2. The van der Waals surface area contributed by atoms with E-state index in [2.05, 4.69) is 55.3 Å². The van der Waals surface area contributed by atoms with E-state index in [1.807, 2.05) is 0 Å². The highest BCUT2D eigenvalue weighted by molar-refractivity contribution is 5.79. The number of carbonyl (C=O) groups excluding carboxylic acids is 1. The van der Waals surface area contributed by atoms with Crippen LogP contribution in [0, 0.1) is 11.3 Å². The molecule has 0 bridgehead atoms. The molecule has 0 saturated carbocycles. The van der Waals surface area contributed by atoms with Crippen molar-refractivity contribution in [3.05, 3.63) is 11.4 Å². The van der Waals surface area contributed by atoms with E-state index in [0.717, 1.165) is 30.7 Å². The molecule has 1 aliphatic rings. The maximum atomic E-state index is 12.5. The Kier molecular flexibility index (Phi) is 3.89. The van der Waals surface area contributed by atoms with Crippen LogP contribution in [0.1, 0.15) is 58.8 Å². The number of carbonyl (C=O) groups is 1. The van der Waals surface area contributed by atoms with Crippen LogP contribution in [0.3, 0.4) is 0 Å². The van der Waals surface area contributed by atoms with E-state index in [0.29, 0.717) is 6.42 Å². The van der Waals surface area contributed by atoms with Gasteiger partial charge in [0.1, 0.15) is 0 Å². The van der Waals surface area contributed by atoms with Gasteiger partial charge >= 0.3 is 0 Å². The fraction of sp³-hybridized carbons (Fsp3) is 0.800. The summed E-state index contributed by atoms with van der Waals surface area (Å²) in [6.45, 7) is 10.8. The van der Waals surface area contributed by atoms with Crippen LogP contribution in [0.25, 0.3) is 0 Å². The summed E-state index contributed by atoms with van der Waals surface area (Å²) in [4.78, 5) is 12.5. The Balaban J connectivity index is 1.96. The maximum absolute atomic E-state index is 12.5. The molecule has 5 nitrogen and oxygen atoms in total. The third-order valence-corrected chi connectivity index (χ3v) is 3.68. The van der Waals surface area contributed by atoms with Crippen molar-refractivity contribution in [3.8, 4) is 0 Å². The van der Waals surface area contributed by atoms with Crippen molar-refractivity contribution in [2.24, 2.45) is 11.3 Å². The Bertz CT molecular complexity index is 484. The van der Waals surface area contributed by atoms with Gasteiger partial charge < -0.3 is 5.32 Å². The van der Waals surface area contributed by atoms with Gasteiger partial charge in [0, 0.05) is 17.9 Å². The topological polar surface area (TPSA) is 70.7 Å². The summed E-state index contributed by atoms with van der Waals surface area (Å²) in [6.07, 6.45) is 3.34. The minimum Gasteiger partial charge on any atom is -0.351 e. The highest BCUT2D eigenvalue weighted by Gasteiger charge is 2.32. The van der Waals surface area contributed by atoms with Gasteiger partial charge in [0.05, 0.1) is 11.4 Å². The lowest BCUT2D eigenvalue weighted by atomic mass is 9.81. The SMILES string of the molecule is CC(C)(C)CC(C)(C)NC(=O)C1CCc2n[nH]nc2C1. The molecule has 0 spiro atoms. The number of aromatic amines is 1. The molecule has 0 aromatic carbocycles. The first-order valence-electron chi connectivity index (χ1n) is 7.37. The highest BCUT2D eigenvalue weighted by atomic mass is 16.2. The van der Waals surface area contributed by atoms with Crippen LogP contribution in [-0.4, -0.2) is 26.9 Å². The third-order valence-electron chi connectivity index (χ3n) is 3.68. The van der Waals surface area contributed by atoms with E-state index in [1.54, 1.807) is 0 Å². The second kappa shape index (κ2) is 5.19. The molecule has 1 aliphatic carbocycles. The largest absolute Gasteiger partial charge is 0.351 e. The first-order chi connectivity index (χ1) is 9.16. The molecule has 1 aromatic rings. The van der Waals surface area contributed by atoms with Gasteiger partial charge in [0.15, 0.2) is 0 Å². The van der Waals surface area contributed by atoms with E-state index >= 15 is 0 Å². The van der Waals surface area contributed by atoms with Gasteiger partial charge in [0.25, 0.3) is 0 Å². The summed E-state index contributed by atoms with van der Waals surface area (Å²) in [7, 11) is 0. The van der Waals surface area contributed by atoms with Gasteiger partial charge in [-0.05, 0) is 38.5 Å². The van der Waals surface area contributed by atoms with Crippen molar-refractivity contribution in [3.63, 3.8) is 0 Å². The number of hydrogen-bond donors (Lipinski definition) is 2. The number of rotatable bonds is 3. The predicted octanol–water partition coefficient (Wildman–Crippen LogP) is 2.24. The molecular formula is C15H26N4O. The fourth-order valence-electron chi connectivity index (χ4n) is 3.31. The van der Waals surface area contributed by atoms with E-state index in [9.17, 15) is 4.79 Å². The highest BCUT2D eigenvalue weighted by Crippen LogP contribution is 2.28. The molecule has 2 N–H and O–H groups in total. The van der Waals surface area contributed by atoms with Gasteiger partial charge in [0.2, 0.25) is 5.91 Å². The molecule has 1 aromatic heterocycles. The van der Waals surface area contributed by atoms with Gasteiger partial charge in [-0.3, -0.25) is 4.79 Å². The normalized spacial score (nSPS) is 19.6. The molecule has 0 aliphatic heterocycles. The molecule has 112 valence electrons. The van der Waals surface area contributed by atoms with Crippen molar-refractivity contribution in [1.29, 1.82) is 0 Å².